The average molecular weight is 474 g/mol. The molecule has 35 heavy (non-hydrogen) atoms. The zero-order chi connectivity index (χ0) is 24.9. The fourth-order valence-corrected chi connectivity index (χ4v) is 4.39. The number of pyridine rings is 1. The van der Waals surface area contributed by atoms with E-state index in [9.17, 15) is 14.0 Å². The molecule has 0 atom stereocenters. The second-order valence-corrected chi connectivity index (χ2v) is 8.74. The summed E-state index contributed by atoms with van der Waals surface area (Å²) in [6.07, 6.45) is 2.36. The van der Waals surface area contributed by atoms with Crippen LogP contribution in [0.15, 0.2) is 42.6 Å². The van der Waals surface area contributed by atoms with E-state index in [0.29, 0.717) is 47.0 Å². The van der Waals surface area contributed by atoms with Gasteiger partial charge in [-0.2, -0.15) is 5.10 Å². The summed E-state index contributed by atoms with van der Waals surface area (Å²) in [4.78, 5) is 29.8. The molecule has 5 rings (SSSR count). The molecule has 9 nitrogen and oxygen atoms in total. The number of nitrogens with two attached hydrogens (primary N) is 2. The van der Waals surface area contributed by atoms with Crippen LogP contribution in [-0.2, 0) is 17.8 Å². The molecule has 2 amide bonds. The standard InChI is InChI=1S/C25H24FN7O2/c1-13-5-16(25(28)35)7-19(26)24(13)15-6-14-9-21(29-11-18(14)20(27)8-15)30-22-10-17-3-4-32(2)23(34)12-33(17)31-22/h5-11H,3-4,12,27H2,1-2H3,(H2,28,35)(H,29,30,31). The number of amides is 2. The zero-order valence-electron chi connectivity index (χ0n) is 19.3. The molecule has 0 fully saturated rings. The number of aromatic nitrogens is 3. The number of nitrogen functional groups attached to an aromatic ring is 1. The van der Waals surface area contributed by atoms with Crippen molar-refractivity contribution in [1.29, 1.82) is 0 Å². The molecule has 0 saturated heterocycles. The van der Waals surface area contributed by atoms with Gasteiger partial charge in [-0.05, 0) is 53.8 Å². The van der Waals surface area contributed by atoms with Crippen molar-refractivity contribution in [3.8, 4) is 11.1 Å². The van der Waals surface area contributed by atoms with Gasteiger partial charge in [0, 0.05) is 60.2 Å². The Hall–Kier alpha value is -4.47. The molecule has 2 aromatic heterocycles. The highest BCUT2D eigenvalue weighted by Gasteiger charge is 2.20. The molecule has 10 heteroatoms. The Morgan fingerprint density at radius 2 is 1.94 bits per heavy atom. The number of primary amides is 1. The Morgan fingerprint density at radius 1 is 1.14 bits per heavy atom. The van der Waals surface area contributed by atoms with E-state index in [1.54, 1.807) is 41.9 Å². The van der Waals surface area contributed by atoms with Gasteiger partial charge in [-0.15, -0.1) is 0 Å². The second-order valence-electron chi connectivity index (χ2n) is 8.74. The number of benzene rings is 2. The van der Waals surface area contributed by atoms with E-state index in [1.165, 1.54) is 0 Å². The Kier molecular flexibility index (Phi) is 5.35. The minimum Gasteiger partial charge on any atom is -0.398 e. The predicted molar refractivity (Wildman–Crippen MR) is 132 cm³/mol. The summed E-state index contributed by atoms with van der Waals surface area (Å²) in [7, 11) is 1.78. The first-order valence-corrected chi connectivity index (χ1v) is 11.1. The van der Waals surface area contributed by atoms with Crippen molar-refractivity contribution >= 4 is 39.9 Å². The van der Waals surface area contributed by atoms with E-state index in [4.69, 9.17) is 11.5 Å². The van der Waals surface area contributed by atoms with Crippen LogP contribution in [0.25, 0.3) is 21.9 Å². The number of halogens is 1. The highest BCUT2D eigenvalue weighted by molar-refractivity contribution is 5.98. The highest BCUT2D eigenvalue weighted by atomic mass is 19.1. The van der Waals surface area contributed by atoms with Gasteiger partial charge in [0.2, 0.25) is 11.8 Å². The molecular formula is C25H24FN7O2. The van der Waals surface area contributed by atoms with Gasteiger partial charge >= 0.3 is 0 Å². The number of likely N-dealkylation sites (N-methyl/N-ethyl adjacent to an activating group) is 1. The molecule has 0 bridgehead atoms. The summed E-state index contributed by atoms with van der Waals surface area (Å²) in [5.41, 5.74) is 14.6. The van der Waals surface area contributed by atoms with E-state index in [1.807, 2.05) is 18.2 Å². The van der Waals surface area contributed by atoms with Crippen LogP contribution in [-0.4, -0.2) is 45.1 Å². The highest BCUT2D eigenvalue weighted by Crippen LogP contribution is 2.34. The summed E-state index contributed by atoms with van der Waals surface area (Å²) < 4.78 is 16.6. The third-order valence-electron chi connectivity index (χ3n) is 6.26. The van der Waals surface area contributed by atoms with Crippen LogP contribution >= 0.6 is 0 Å². The molecule has 0 radical (unpaired) electrons. The van der Waals surface area contributed by atoms with Crippen molar-refractivity contribution in [3.05, 3.63) is 65.2 Å². The van der Waals surface area contributed by atoms with Gasteiger partial charge in [0.15, 0.2) is 5.82 Å². The summed E-state index contributed by atoms with van der Waals surface area (Å²) in [6, 6.07) is 9.92. The lowest BCUT2D eigenvalue weighted by Gasteiger charge is -2.13. The van der Waals surface area contributed by atoms with Gasteiger partial charge in [-0.3, -0.25) is 14.3 Å². The number of rotatable bonds is 4. The second kappa shape index (κ2) is 8.39. The first-order valence-electron chi connectivity index (χ1n) is 11.1. The van der Waals surface area contributed by atoms with E-state index in [-0.39, 0.29) is 18.0 Å². The normalized spacial score (nSPS) is 13.6. The van der Waals surface area contributed by atoms with Crippen molar-refractivity contribution in [1.82, 2.24) is 19.7 Å². The Bertz CT molecular complexity index is 1490. The molecule has 2 aromatic carbocycles. The fraction of sp³-hybridized carbons (Fsp3) is 0.200. The molecule has 1 aliphatic heterocycles. The number of nitrogens with one attached hydrogen (secondary N) is 1. The molecule has 0 spiro atoms. The molecule has 3 heterocycles. The van der Waals surface area contributed by atoms with Gasteiger partial charge < -0.3 is 21.7 Å². The SMILES string of the molecule is Cc1cc(C(N)=O)cc(F)c1-c1cc(N)c2cnc(Nc3cc4n(n3)CC(=O)N(C)CC4)cc2c1. The van der Waals surface area contributed by atoms with E-state index in [2.05, 4.69) is 15.4 Å². The maximum absolute atomic E-state index is 14.9. The van der Waals surface area contributed by atoms with Gasteiger partial charge in [-0.1, -0.05) is 0 Å². The van der Waals surface area contributed by atoms with E-state index >= 15 is 0 Å². The molecule has 5 N–H and O–H groups in total. The topological polar surface area (TPSA) is 132 Å². The van der Waals surface area contributed by atoms with Crippen molar-refractivity contribution in [2.45, 2.75) is 19.9 Å². The van der Waals surface area contributed by atoms with Crippen molar-refractivity contribution in [3.63, 3.8) is 0 Å². The van der Waals surface area contributed by atoms with Crippen LogP contribution in [0, 0.1) is 12.7 Å². The first-order chi connectivity index (χ1) is 16.7. The van der Waals surface area contributed by atoms with Gasteiger partial charge in [-0.25, -0.2) is 9.37 Å². The number of carbonyl (C=O) groups excluding carboxylic acids is 2. The van der Waals surface area contributed by atoms with E-state index < -0.39 is 11.7 Å². The molecule has 0 aliphatic carbocycles. The van der Waals surface area contributed by atoms with Crippen LogP contribution in [0.4, 0.5) is 21.7 Å². The third-order valence-corrected chi connectivity index (χ3v) is 6.26. The van der Waals surface area contributed by atoms with Crippen LogP contribution in [0.3, 0.4) is 0 Å². The maximum atomic E-state index is 14.9. The van der Waals surface area contributed by atoms with Crippen molar-refractivity contribution in [2.24, 2.45) is 5.73 Å². The number of carbonyl (C=O) groups is 2. The lowest BCUT2D eigenvalue weighted by atomic mass is 9.95. The van der Waals surface area contributed by atoms with Crippen LogP contribution in [0.5, 0.6) is 0 Å². The molecule has 178 valence electrons. The van der Waals surface area contributed by atoms with Crippen molar-refractivity contribution < 1.29 is 14.0 Å². The lowest BCUT2D eigenvalue weighted by Crippen LogP contribution is -2.29. The summed E-state index contributed by atoms with van der Waals surface area (Å²) in [5, 5.41) is 9.17. The van der Waals surface area contributed by atoms with Gasteiger partial charge in [0.1, 0.15) is 18.2 Å². The predicted octanol–water partition coefficient (Wildman–Crippen LogP) is 2.99. The fourth-order valence-electron chi connectivity index (χ4n) is 4.39. The van der Waals surface area contributed by atoms with Gasteiger partial charge in [0.25, 0.3) is 0 Å². The Labute approximate surface area is 200 Å². The number of hydrogen-bond acceptors (Lipinski definition) is 6. The van der Waals surface area contributed by atoms with E-state index in [0.717, 1.165) is 22.5 Å². The molecule has 0 saturated carbocycles. The van der Waals surface area contributed by atoms with Crippen LogP contribution < -0.4 is 16.8 Å². The van der Waals surface area contributed by atoms with Gasteiger partial charge in [0.05, 0.1) is 0 Å². The maximum Gasteiger partial charge on any atom is 0.248 e. The minimum atomic E-state index is -0.689. The molecule has 1 aliphatic rings. The Morgan fingerprint density at radius 3 is 2.69 bits per heavy atom. The summed E-state index contributed by atoms with van der Waals surface area (Å²) in [6.45, 7) is 2.55. The molecule has 0 unspecified atom stereocenters. The number of nitrogens with zero attached hydrogens (tertiary/aromatic N) is 4. The largest absolute Gasteiger partial charge is 0.398 e. The minimum absolute atomic E-state index is 0.0108. The Balaban J connectivity index is 1.50. The third kappa shape index (κ3) is 4.14. The quantitative estimate of drug-likeness (QED) is 0.391. The summed E-state index contributed by atoms with van der Waals surface area (Å²) >= 11 is 0. The smallest absolute Gasteiger partial charge is 0.248 e. The molecular weight excluding hydrogens is 449 g/mol. The number of fused-ring (bicyclic) bond motifs is 2. The number of anilines is 3. The van der Waals surface area contributed by atoms with Crippen LogP contribution in [0.2, 0.25) is 0 Å². The zero-order valence-corrected chi connectivity index (χ0v) is 19.3. The molecule has 4 aromatic rings. The first kappa shape index (κ1) is 22.3. The number of aryl methyl sites for hydroxylation is 1. The number of hydrogen-bond donors (Lipinski definition) is 3. The van der Waals surface area contributed by atoms with Crippen molar-refractivity contribution in [2.75, 3.05) is 24.6 Å². The van der Waals surface area contributed by atoms with Crippen LogP contribution in [0.1, 0.15) is 21.6 Å². The monoisotopic (exact) mass is 473 g/mol. The average Bonchev–Trinajstić information content (AvgIpc) is 3.11. The lowest BCUT2D eigenvalue weighted by molar-refractivity contribution is -0.130. The summed E-state index contributed by atoms with van der Waals surface area (Å²) in [5.74, 6) is -0.114.